The van der Waals surface area contributed by atoms with Gasteiger partial charge in [-0.1, -0.05) is 0 Å². The fraction of sp³-hybridized carbons (Fsp3) is 0.941. The lowest BCUT2D eigenvalue weighted by Crippen LogP contribution is -2.48. The van der Waals surface area contributed by atoms with Crippen molar-refractivity contribution in [1.82, 2.24) is 9.80 Å². The number of nitrogens with two attached hydrogens (primary N) is 1. The molecule has 0 radical (unpaired) electrons. The number of carbonyl (C=O) groups is 1. The van der Waals surface area contributed by atoms with Crippen LogP contribution >= 0.6 is 12.4 Å². The fourth-order valence-corrected chi connectivity index (χ4v) is 4.32. The quantitative estimate of drug-likeness (QED) is 0.864. The second-order valence-corrected chi connectivity index (χ2v) is 8.27. The van der Waals surface area contributed by atoms with Crippen LogP contribution < -0.4 is 5.73 Å². The molecule has 1 saturated carbocycles. The molecule has 1 aliphatic carbocycles. The van der Waals surface area contributed by atoms with Crippen LogP contribution in [0.4, 0.5) is 0 Å². The molecule has 5 heteroatoms. The summed E-state index contributed by atoms with van der Waals surface area (Å²) in [5, 5.41) is 0. The normalized spacial score (nSPS) is 28.3. The third-order valence-electron chi connectivity index (χ3n) is 5.64. The lowest BCUT2D eigenvalue weighted by molar-refractivity contribution is -0.134. The van der Waals surface area contributed by atoms with Crippen LogP contribution in [0.2, 0.25) is 0 Å². The average molecular weight is 330 g/mol. The highest BCUT2D eigenvalue weighted by Crippen LogP contribution is 2.60. The molecule has 2 heterocycles. The Labute approximate surface area is 141 Å². The number of halogens is 1. The van der Waals surface area contributed by atoms with E-state index in [1.165, 1.54) is 32.1 Å². The molecule has 2 aliphatic heterocycles. The summed E-state index contributed by atoms with van der Waals surface area (Å²) in [7, 11) is 0. The molecule has 22 heavy (non-hydrogen) atoms. The minimum Gasteiger partial charge on any atom is -0.342 e. The van der Waals surface area contributed by atoms with Gasteiger partial charge in [0, 0.05) is 31.1 Å². The number of nitrogens with zero attached hydrogens (tertiary/aromatic N) is 2. The summed E-state index contributed by atoms with van der Waals surface area (Å²) in [6, 6.07) is 0. The zero-order valence-electron chi connectivity index (χ0n) is 14.1. The van der Waals surface area contributed by atoms with Gasteiger partial charge in [0.1, 0.15) is 0 Å². The van der Waals surface area contributed by atoms with Gasteiger partial charge in [-0.2, -0.15) is 0 Å². The van der Waals surface area contributed by atoms with Gasteiger partial charge in [0.15, 0.2) is 0 Å². The summed E-state index contributed by atoms with van der Waals surface area (Å²) in [4.78, 5) is 17.3. The Morgan fingerprint density at radius 2 is 1.73 bits per heavy atom. The van der Waals surface area contributed by atoms with Gasteiger partial charge in [-0.3, -0.25) is 4.79 Å². The molecule has 3 rings (SSSR count). The summed E-state index contributed by atoms with van der Waals surface area (Å²) >= 11 is 0. The van der Waals surface area contributed by atoms with Gasteiger partial charge in [0.25, 0.3) is 0 Å². The number of likely N-dealkylation sites (tertiary alicyclic amines) is 2. The first kappa shape index (κ1) is 18.0. The van der Waals surface area contributed by atoms with Crippen molar-refractivity contribution in [2.45, 2.75) is 57.9 Å². The highest BCUT2D eigenvalue weighted by Gasteiger charge is 2.59. The minimum absolute atomic E-state index is 0. The van der Waals surface area contributed by atoms with E-state index in [1.54, 1.807) is 0 Å². The molecule has 1 amide bonds. The van der Waals surface area contributed by atoms with E-state index >= 15 is 0 Å². The summed E-state index contributed by atoms with van der Waals surface area (Å²) in [5.74, 6) is 0.797. The van der Waals surface area contributed by atoms with Crippen LogP contribution in [-0.2, 0) is 4.79 Å². The SMILES string of the molecule is CC(C)(N)CN1CCC2(CC1)CC2C(=O)N1CCCCC1.Cl. The zero-order chi connectivity index (χ0) is 15.1. The largest absolute Gasteiger partial charge is 0.342 e. The van der Waals surface area contributed by atoms with E-state index in [-0.39, 0.29) is 17.9 Å². The average Bonchev–Trinajstić information content (AvgIpc) is 3.14. The minimum atomic E-state index is -0.114. The van der Waals surface area contributed by atoms with Crippen LogP contribution in [-0.4, -0.2) is 54.0 Å². The van der Waals surface area contributed by atoms with Crippen LogP contribution in [0.5, 0.6) is 0 Å². The zero-order valence-corrected chi connectivity index (χ0v) is 15.0. The summed E-state index contributed by atoms with van der Waals surface area (Å²) in [6.45, 7) is 9.38. The summed E-state index contributed by atoms with van der Waals surface area (Å²) < 4.78 is 0. The summed E-state index contributed by atoms with van der Waals surface area (Å²) in [5.41, 5.74) is 6.36. The number of hydrogen-bond donors (Lipinski definition) is 1. The monoisotopic (exact) mass is 329 g/mol. The highest BCUT2D eigenvalue weighted by atomic mass is 35.5. The van der Waals surface area contributed by atoms with Crippen molar-refractivity contribution in [2.75, 3.05) is 32.7 Å². The Kier molecular flexibility index (Phi) is 5.46. The summed E-state index contributed by atoms with van der Waals surface area (Å²) in [6.07, 6.45) is 7.21. The molecule has 128 valence electrons. The van der Waals surface area contributed by atoms with Crippen molar-refractivity contribution in [3.8, 4) is 0 Å². The smallest absolute Gasteiger partial charge is 0.226 e. The first-order valence-corrected chi connectivity index (χ1v) is 8.70. The van der Waals surface area contributed by atoms with E-state index in [9.17, 15) is 4.79 Å². The highest BCUT2D eigenvalue weighted by molar-refractivity contribution is 5.85. The van der Waals surface area contributed by atoms with Crippen molar-refractivity contribution in [1.29, 1.82) is 0 Å². The van der Waals surface area contributed by atoms with Crippen LogP contribution in [0, 0.1) is 11.3 Å². The van der Waals surface area contributed by atoms with Gasteiger partial charge in [-0.25, -0.2) is 0 Å². The molecule has 2 N–H and O–H groups in total. The maximum absolute atomic E-state index is 12.6. The molecule has 0 bridgehead atoms. The molecule has 0 aromatic carbocycles. The number of amides is 1. The van der Waals surface area contributed by atoms with Crippen molar-refractivity contribution < 1.29 is 4.79 Å². The van der Waals surface area contributed by atoms with Gasteiger partial charge >= 0.3 is 0 Å². The Bertz CT molecular complexity index is 393. The number of piperidine rings is 2. The van der Waals surface area contributed by atoms with Gasteiger partial charge in [-0.05, 0) is 70.9 Å². The van der Waals surface area contributed by atoms with E-state index in [1.807, 2.05) is 0 Å². The fourth-order valence-electron chi connectivity index (χ4n) is 4.32. The van der Waals surface area contributed by atoms with Gasteiger partial charge < -0.3 is 15.5 Å². The van der Waals surface area contributed by atoms with Gasteiger partial charge in [-0.15, -0.1) is 12.4 Å². The molecule has 0 aromatic rings. The number of rotatable bonds is 3. The Morgan fingerprint density at radius 3 is 2.27 bits per heavy atom. The lowest BCUT2D eigenvalue weighted by atomic mass is 9.89. The molecule has 1 atom stereocenters. The molecule has 2 saturated heterocycles. The molecular weight excluding hydrogens is 298 g/mol. The van der Waals surface area contributed by atoms with Crippen LogP contribution in [0.3, 0.4) is 0 Å². The van der Waals surface area contributed by atoms with Gasteiger partial charge in [0.05, 0.1) is 0 Å². The van der Waals surface area contributed by atoms with Crippen molar-refractivity contribution in [2.24, 2.45) is 17.1 Å². The van der Waals surface area contributed by atoms with Crippen LogP contribution in [0.1, 0.15) is 52.4 Å². The van der Waals surface area contributed by atoms with Crippen LogP contribution in [0.15, 0.2) is 0 Å². The number of hydrogen-bond acceptors (Lipinski definition) is 3. The molecule has 0 aromatic heterocycles. The molecule has 3 fully saturated rings. The Balaban J connectivity index is 0.00000176. The maximum Gasteiger partial charge on any atom is 0.226 e. The van der Waals surface area contributed by atoms with E-state index in [0.29, 0.717) is 17.2 Å². The van der Waals surface area contributed by atoms with Crippen molar-refractivity contribution >= 4 is 18.3 Å². The second kappa shape index (κ2) is 6.66. The van der Waals surface area contributed by atoms with Crippen LogP contribution in [0.25, 0.3) is 0 Å². The molecule has 1 unspecified atom stereocenters. The second-order valence-electron chi connectivity index (χ2n) is 8.27. The van der Waals surface area contributed by atoms with Gasteiger partial charge in [0.2, 0.25) is 5.91 Å². The standard InChI is InChI=1S/C17H31N3O.ClH/c1-16(2,18)13-19-10-6-17(7-11-19)12-14(17)15(21)20-8-4-3-5-9-20;/h14H,3-13,18H2,1-2H3;1H. The maximum atomic E-state index is 12.6. The first-order valence-electron chi connectivity index (χ1n) is 8.70. The van der Waals surface area contributed by atoms with E-state index in [2.05, 4.69) is 23.6 Å². The third kappa shape index (κ3) is 3.95. The Morgan fingerprint density at radius 1 is 1.14 bits per heavy atom. The van der Waals surface area contributed by atoms with Crippen molar-refractivity contribution in [3.05, 3.63) is 0 Å². The predicted octanol–water partition coefficient (Wildman–Crippen LogP) is 2.26. The first-order chi connectivity index (χ1) is 9.90. The number of carbonyl (C=O) groups excluding carboxylic acids is 1. The predicted molar refractivity (Wildman–Crippen MR) is 92.2 cm³/mol. The Hall–Kier alpha value is -0.320. The molecule has 3 aliphatic rings. The molecule has 1 spiro atoms. The third-order valence-corrected chi connectivity index (χ3v) is 5.64. The topological polar surface area (TPSA) is 49.6 Å². The van der Waals surface area contributed by atoms with E-state index in [0.717, 1.165) is 39.1 Å². The van der Waals surface area contributed by atoms with E-state index < -0.39 is 0 Å². The van der Waals surface area contributed by atoms with E-state index in [4.69, 9.17) is 5.73 Å². The lowest BCUT2D eigenvalue weighted by Gasteiger charge is -2.37. The van der Waals surface area contributed by atoms with Crippen molar-refractivity contribution in [3.63, 3.8) is 0 Å². The molecular formula is C17H32ClN3O. The molecule has 4 nitrogen and oxygen atoms in total.